The summed E-state index contributed by atoms with van der Waals surface area (Å²) < 4.78 is 5.54. The van der Waals surface area contributed by atoms with Gasteiger partial charge in [0.2, 0.25) is 0 Å². The van der Waals surface area contributed by atoms with E-state index in [1.54, 1.807) is 41.2 Å². The van der Waals surface area contributed by atoms with Gasteiger partial charge in [-0.1, -0.05) is 30.3 Å². The number of hydrogen-bond acceptors (Lipinski definition) is 6. The molecule has 0 spiro atoms. The van der Waals surface area contributed by atoms with Crippen molar-refractivity contribution in [2.45, 2.75) is 45.9 Å². The van der Waals surface area contributed by atoms with Gasteiger partial charge < -0.3 is 14.5 Å². The summed E-state index contributed by atoms with van der Waals surface area (Å²) in [7, 11) is 1.74. The second-order valence-electron chi connectivity index (χ2n) is 10.9. The van der Waals surface area contributed by atoms with Crippen LogP contribution >= 0.6 is 0 Å². The topological polar surface area (TPSA) is 89.8 Å². The summed E-state index contributed by atoms with van der Waals surface area (Å²) in [6, 6.07) is 21.0. The minimum atomic E-state index is -0.505. The van der Waals surface area contributed by atoms with Gasteiger partial charge in [0, 0.05) is 56.7 Å². The Morgan fingerprint density at radius 1 is 1.08 bits per heavy atom. The molecule has 1 aliphatic rings. The smallest absolute Gasteiger partial charge is 0.410 e. The van der Waals surface area contributed by atoms with Gasteiger partial charge in [0.05, 0.1) is 11.6 Å². The first kappa shape index (κ1) is 27.8. The lowest BCUT2D eigenvalue weighted by Crippen LogP contribution is -2.54. The number of amides is 2. The second kappa shape index (κ2) is 11.7. The van der Waals surface area contributed by atoms with E-state index in [9.17, 15) is 9.59 Å². The third-order valence-electron chi connectivity index (χ3n) is 6.68. The number of pyridine rings is 1. The Morgan fingerprint density at radius 2 is 1.82 bits per heavy atom. The van der Waals surface area contributed by atoms with E-state index in [0.29, 0.717) is 17.8 Å². The zero-order valence-electron chi connectivity index (χ0n) is 23.2. The van der Waals surface area contributed by atoms with Crippen LogP contribution in [0.3, 0.4) is 0 Å². The Morgan fingerprint density at radius 3 is 2.44 bits per heavy atom. The molecule has 1 saturated heterocycles. The van der Waals surface area contributed by atoms with Crippen molar-refractivity contribution < 1.29 is 14.3 Å². The third-order valence-corrected chi connectivity index (χ3v) is 6.68. The van der Waals surface area contributed by atoms with E-state index in [1.807, 2.05) is 70.2 Å². The minimum absolute atomic E-state index is 0.0609. The van der Waals surface area contributed by atoms with Gasteiger partial charge in [0.25, 0.3) is 5.91 Å². The van der Waals surface area contributed by atoms with Crippen molar-refractivity contribution in [1.29, 1.82) is 5.26 Å². The molecule has 0 bridgehead atoms. The predicted octanol–water partition coefficient (Wildman–Crippen LogP) is 5.34. The number of nitriles is 1. The molecule has 4 rings (SSSR count). The van der Waals surface area contributed by atoms with Crippen LogP contribution < -0.4 is 4.90 Å². The van der Waals surface area contributed by atoms with Crippen LogP contribution in [-0.2, 0) is 11.3 Å². The summed E-state index contributed by atoms with van der Waals surface area (Å²) >= 11 is 0. The van der Waals surface area contributed by atoms with Gasteiger partial charge in [-0.15, -0.1) is 0 Å². The predicted molar refractivity (Wildman–Crippen MR) is 151 cm³/mol. The standard InChI is InChI=1S/C31H35N5O3/c1-22-20-35(15-16-36(22)30(38)39-31(2,3)4)21-23-9-12-27(13-10-23)34(5)29(37)28-14-11-26(19-33-28)25-8-6-7-24(17-25)18-32/h6-14,17,19,22H,15-16,20-21H2,1-5H3/t22-/m0/s1. The van der Waals surface area contributed by atoms with Gasteiger partial charge in [0.15, 0.2) is 0 Å². The van der Waals surface area contributed by atoms with Crippen molar-refractivity contribution in [1.82, 2.24) is 14.8 Å². The fraction of sp³-hybridized carbons (Fsp3) is 0.355. The van der Waals surface area contributed by atoms with Crippen LogP contribution in [-0.4, -0.2) is 65.1 Å². The molecule has 0 N–H and O–H groups in total. The molecule has 1 aromatic heterocycles. The molecule has 0 radical (unpaired) electrons. The maximum atomic E-state index is 13.1. The zero-order valence-corrected chi connectivity index (χ0v) is 23.2. The summed E-state index contributed by atoms with van der Waals surface area (Å²) in [6.07, 6.45) is 1.40. The quantitative estimate of drug-likeness (QED) is 0.447. The van der Waals surface area contributed by atoms with Gasteiger partial charge in [-0.05, 0) is 69.2 Å². The summed E-state index contributed by atoms with van der Waals surface area (Å²) in [5.74, 6) is -0.202. The molecule has 1 atom stereocenters. The molecule has 0 unspecified atom stereocenters. The summed E-state index contributed by atoms with van der Waals surface area (Å²) in [5.41, 5.74) is 4.06. The Bertz CT molecular complexity index is 1360. The molecule has 0 saturated carbocycles. The molecule has 0 aliphatic carbocycles. The van der Waals surface area contributed by atoms with E-state index in [0.717, 1.165) is 42.0 Å². The van der Waals surface area contributed by atoms with E-state index in [-0.39, 0.29) is 18.0 Å². The Kier molecular flexibility index (Phi) is 8.32. The SMILES string of the molecule is C[C@H]1CN(Cc2ccc(N(C)C(=O)c3ccc(-c4cccc(C#N)c4)cn3)cc2)CCN1C(=O)OC(C)(C)C. The first-order chi connectivity index (χ1) is 18.5. The van der Waals surface area contributed by atoms with Crippen molar-refractivity contribution in [3.05, 3.63) is 83.7 Å². The summed E-state index contributed by atoms with van der Waals surface area (Å²) in [5, 5.41) is 9.13. The van der Waals surface area contributed by atoms with E-state index < -0.39 is 5.60 Å². The maximum absolute atomic E-state index is 13.1. The average molecular weight is 526 g/mol. The number of ether oxygens (including phenoxy) is 1. The normalized spacial score (nSPS) is 15.9. The number of aromatic nitrogens is 1. The number of piperazine rings is 1. The second-order valence-corrected chi connectivity index (χ2v) is 10.9. The molecule has 39 heavy (non-hydrogen) atoms. The average Bonchev–Trinajstić information content (AvgIpc) is 2.92. The summed E-state index contributed by atoms with van der Waals surface area (Å²) in [4.78, 5) is 35.7. The molecule has 1 fully saturated rings. The fourth-order valence-corrected chi connectivity index (χ4v) is 4.60. The van der Waals surface area contributed by atoms with Crippen LogP contribution in [0, 0.1) is 11.3 Å². The van der Waals surface area contributed by atoms with Gasteiger partial charge in [-0.25, -0.2) is 4.79 Å². The van der Waals surface area contributed by atoms with Crippen LogP contribution in [0.25, 0.3) is 11.1 Å². The highest BCUT2D eigenvalue weighted by atomic mass is 16.6. The third kappa shape index (κ3) is 7.01. The van der Waals surface area contributed by atoms with Crippen LogP contribution in [0.2, 0.25) is 0 Å². The lowest BCUT2D eigenvalue weighted by molar-refractivity contribution is 0.000551. The van der Waals surface area contributed by atoms with Crippen LogP contribution in [0.4, 0.5) is 10.5 Å². The van der Waals surface area contributed by atoms with E-state index in [4.69, 9.17) is 10.00 Å². The molecule has 3 aromatic rings. The number of anilines is 1. The monoisotopic (exact) mass is 525 g/mol. The van der Waals surface area contributed by atoms with E-state index in [1.165, 1.54) is 0 Å². The number of carbonyl (C=O) groups is 2. The fourth-order valence-electron chi connectivity index (χ4n) is 4.60. The highest BCUT2D eigenvalue weighted by molar-refractivity contribution is 6.04. The Balaban J connectivity index is 1.34. The number of nitrogens with zero attached hydrogens (tertiary/aromatic N) is 5. The number of benzene rings is 2. The first-order valence-corrected chi connectivity index (χ1v) is 13.1. The molecular formula is C31H35N5O3. The van der Waals surface area contributed by atoms with Gasteiger partial charge in [-0.2, -0.15) is 5.26 Å². The zero-order chi connectivity index (χ0) is 28.2. The van der Waals surface area contributed by atoms with Crippen LogP contribution in [0.1, 0.15) is 49.3 Å². The van der Waals surface area contributed by atoms with Gasteiger partial charge >= 0.3 is 6.09 Å². The van der Waals surface area contributed by atoms with Crippen molar-refractivity contribution >= 4 is 17.7 Å². The highest BCUT2D eigenvalue weighted by Gasteiger charge is 2.30. The van der Waals surface area contributed by atoms with Gasteiger partial charge in [-0.3, -0.25) is 14.7 Å². The molecule has 2 aromatic carbocycles. The largest absolute Gasteiger partial charge is 0.444 e. The number of rotatable bonds is 5. The molecule has 8 heteroatoms. The summed E-state index contributed by atoms with van der Waals surface area (Å²) in [6.45, 7) is 10.6. The van der Waals surface area contributed by atoms with Crippen molar-refractivity contribution in [2.24, 2.45) is 0 Å². The maximum Gasteiger partial charge on any atom is 0.410 e. The Hall–Kier alpha value is -4.22. The molecule has 202 valence electrons. The highest BCUT2D eigenvalue weighted by Crippen LogP contribution is 2.22. The van der Waals surface area contributed by atoms with Crippen LogP contribution in [0.5, 0.6) is 0 Å². The lowest BCUT2D eigenvalue weighted by Gasteiger charge is -2.40. The van der Waals surface area contributed by atoms with Crippen molar-refractivity contribution in [3.8, 4) is 17.2 Å². The Labute approximate surface area is 230 Å². The molecule has 1 aliphatic heterocycles. The molecule has 2 heterocycles. The van der Waals surface area contributed by atoms with Crippen molar-refractivity contribution in [3.63, 3.8) is 0 Å². The molecule has 8 nitrogen and oxygen atoms in total. The van der Waals surface area contributed by atoms with Gasteiger partial charge in [0.1, 0.15) is 11.3 Å². The molecule has 2 amide bonds. The first-order valence-electron chi connectivity index (χ1n) is 13.1. The van der Waals surface area contributed by atoms with E-state index >= 15 is 0 Å². The number of carbonyl (C=O) groups excluding carboxylic acids is 2. The van der Waals surface area contributed by atoms with Crippen LogP contribution in [0.15, 0.2) is 66.9 Å². The van der Waals surface area contributed by atoms with Crippen molar-refractivity contribution in [2.75, 3.05) is 31.6 Å². The van der Waals surface area contributed by atoms with E-state index in [2.05, 4.69) is 16.0 Å². The molecular weight excluding hydrogens is 490 g/mol. The minimum Gasteiger partial charge on any atom is -0.444 e. The lowest BCUT2D eigenvalue weighted by atomic mass is 10.0. The number of hydrogen-bond donors (Lipinski definition) is 0.